The van der Waals surface area contributed by atoms with Crippen LogP contribution in [0.5, 0.6) is 11.5 Å². The maximum atomic E-state index is 5.44. The molecule has 1 aliphatic heterocycles. The zero-order valence-corrected chi connectivity index (χ0v) is 12.8. The highest BCUT2D eigenvalue weighted by atomic mass is 16.5. The topological polar surface area (TPSA) is 33.7 Å². The molecule has 1 atom stereocenters. The van der Waals surface area contributed by atoms with Gasteiger partial charge in [0.1, 0.15) is 11.5 Å². The van der Waals surface area contributed by atoms with E-state index in [0.717, 1.165) is 36.9 Å². The number of methoxy groups -OCH3 is 2. The summed E-state index contributed by atoms with van der Waals surface area (Å²) < 4.78 is 10.7. The summed E-state index contributed by atoms with van der Waals surface area (Å²) in [6.45, 7) is 4.62. The molecule has 20 heavy (non-hydrogen) atoms. The van der Waals surface area contributed by atoms with E-state index in [1.807, 2.05) is 19.2 Å². The van der Waals surface area contributed by atoms with Crippen LogP contribution >= 0.6 is 0 Å². The lowest BCUT2D eigenvalue weighted by atomic mass is 10.1. The summed E-state index contributed by atoms with van der Waals surface area (Å²) in [5.74, 6) is 2.65. The molecule has 0 spiro atoms. The SMILES string of the molecule is CNCC1CCN(CCc2cc(OC)ccc2OC)C1. The van der Waals surface area contributed by atoms with Crippen molar-refractivity contribution in [2.75, 3.05) is 47.4 Å². The predicted octanol–water partition coefficient (Wildman–Crippen LogP) is 1.79. The summed E-state index contributed by atoms with van der Waals surface area (Å²) in [5, 5.41) is 3.27. The van der Waals surface area contributed by atoms with Crippen LogP contribution in [0.15, 0.2) is 18.2 Å². The normalized spacial score (nSPS) is 19.2. The van der Waals surface area contributed by atoms with Gasteiger partial charge in [0.05, 0.1) is 14.2 Å². The summed E-state index contributed by atoms with van der Waals surface area (Å²) in [7, 11) is 5.46. The van der Waals surface area contributed by atoms with Gasteiger partial charge in [-0.15, -0.1) is 0 Å². The van der Waals surface area contributed by atoms with E-state index in [-0.39, 0.29) is 0 Å². The van der Waals surface area contributed by atoms with Gasteiger partial charge in [0.25, 0.3) is 0 Å². The highest BCUT2D eigenvalue weighted by molar-refractivity contribution is 5.40. The van der Waals surface area contributed by atoms with Crippen LogP contribution in [0, 0.1) is 5.92 Å². The first-order valence-electron chi connectivity index (χ1n) is 7.34. The first kappa shape index (κ1) is 15.1. The maximum Gasteiger partial charge on any atom is 0.122 e. The molecule has 4 heteroatoms. The summed E-state index contributed by atoms with van der Waals surface area (Å²) in [4.78, 5) is 2.54. The highest BCUT2D eigenvalue weighted by Gasteiger charge is 2.21. The summed E-state index contributed by atoms with van der Waals surface area (Å²) >= 11 is 0. The molecule has 1 heterocycles. The van der Waals surface area contributed by atoms with Crippen molar-refractivity contribution < 1.29 is 9.47 Å². The van der Waals surface area contributed by atoms with Crippen molar-refractivity contribution in [3.8, 4) is 11.5 Å². The number of hydrogen-bond donors (Lipinski definition) is 1. The number of nitrogens with zero attached hydrogens (tertiary/aromatic N) is 1. The number of rotatable bonds is 7. The quantitative estimate of drug-likeness (QED) is 0.824. The van der Waals surface area contributed by atoms with Crippen LogP contribution in [0.25, 0.3) is 0 Å². The first-order chi connectivity index (χ1) is 9.76. The fraction of sp³-hybridized carbons (Fsp3) is 0.625. The smallest absolute Gasteiger partial charge is 0.122 e. The van der Waals surface area contributed by atoms with Gasteiger partial charge in [0, 0.05) is 13.1 Å². The second-order valence-electron chi connectivity index (χ2n) is 5.44. The zero-order valence-electron chi connectivity index (χ0n) is 12.8. The number of likely N-dealkylation sites (tertiary alicyclic amines) is 1. The lowest BCUT2D eigenvalue weighted by Gasteiger charge is -2.17. The molecule has 0 amide bonds. The Morgan fingerprint density at radius 1 is 1.30 bits per heavy atom. The minimum atomic E-state index is 0.798. The number of nitrogens with one attached hydrogen (secondary N) is 1. The molecule has 0 radical (unpaired) electrons. The average molecular weight is 278 g/mol. The monoisotopic (exact) mass is 278 g/mol. The minimum absolute atomic E-state index is 0.798. The van der Waals surface area contributed by atoms with Gasteiger partial charge in [0.15, 0.2) is 0 Å². The molecular formula is C16H26N2O2. The van der Waals surface area contributed by atoms with Gasteiger partial charge < -0.3 is 19.7 Å². The van der Waals surface area contributed by atoms with Crippen LogP contribution in [-0.4, -0.2) is 52.3 Å². The predicted molar refractivity (Wildman–Crippen MR) is 81.7 cm³/mol. The van der Waals surface area contributed by atoms with Gasteiger partial charge in [-0.3, -0.25) is 0 Å². The molecule has 1 N–H and O–H groups in total. The van der Waals surface area contributed by atoms with Crippen molar-refractivity contribution in [1.82, 2.24) is 10.2 Å². The van der Waals surface area contributed by atoms with Crippen LogP contribution in [0.2, 0.25) is 0 Å². The molecule has 0 bridgehead atoms. The second-order valence-corrected chi connectivity index (χ2v) is 5.44. The Morgan fingerprint density at radius 2 is 2.15 bits per heavy atom. The van der Waals surface area contributed by atoms with Gasteiger partial charge in [-0.1, -0.05) is 0 Å². The molecular weight excluding hydrogens is 252 g/mol. The Labute approximate surface area is 122 Å². The summed E-state index contributed by atoms with van der Waals surface area (Å²) in [6, 6.07) is 6.02. The highest BCUT2D eigenvalue weighted by Crippen LogP contribution is 2.25. The van der Waals surface area contributed by atoms with E-state index < -0.39 is 0 Å². The van der Waals surface area contributed by atoms with Gasteiger partial charge in [-0.05, 0) is 62.7 Å². The average Bonchev–Trinajstić information content (AvgIpc) is 2.93. The third-order valence-corrected chi connectivity index (χ3v) is 4.05. The maximum absolute atomic E-state index is 5.44. The van der Waals surface area contributed by atoms with E-state index in [2.05, 4.69) is 16.3 Å². The lowest BCUT2D eigenvalue weighted by molar-refractivity contribution is 0.323. The van der Waals surface area contributed by atoms with Gasteiger partial charge in [-0.2, -0.15) is 0 Å². The Kier molecular flexibility index (Phi) is 5.68. The number of benzene rings is 1. The minimum Gasteiger partial charge on any atom is -0.497 e. The van der Waals surface area contributed by atoms with Crippen molar-refractivity contribution in [3.63, 3.8) is 0 Å². The molecule has 0 aliphatic carbocycles. The lowest BCUT2D eigenvalue weighted by Crippen LogP contribution is -2.26. The number of ether oxygens (including phenoxy) is 2. The van der Waals surface area contributed by atoms with Crippen molar-refractivity contribution in [3.05, 3.63) is 23.8 Å². The van der Waals surface area contributed by atoms with E-state index in [1.54, 1.807) is 14.2 Å². The van der Waals surface area contributed by atoms with Gasteiger partial charge >= 0.3 is 0 Å². The van der Waals surface area contributed by atoms with E-state index in [1.165, 1.54) is 25.1 Å². The first-order valence-corrected chi connectivity index (χ1v) is 7.34. The standard InChI is InChI=1S/C16H26N2O2/c1-17-11-13-6-8-18(12-13)9-7-14-10-15(19-2)4-5-16(14)20-3/h4-5,10,13,17H,6-9,11-12H2,1-3H3. The molecule has 0 aromatic heterocycles. The molecule has 2 rings (SSSR count). The second kappa shape index (κ2) is 7.50. The summed E-state index contributed by atoms with van der Waals surface area (Å²) in [6.07, 6.45) is 2.31. The van der Waals surface area contributed by atoms with Crippen LogP contribution in [0.1, 0.15) is 12.0 Å². The molecule has 1 saturated heterocycles. The van der Waals surface area contributed by atoms with Crippen LogP contribution in [-0.2, 0) is 6.42 Å². The van der Waals surface area contributed by atoms with Crippen LogP contribution in [0.3, 0.4) is 0 Å². The Hall–Kier alpha value is -1.26. The summed E-state index contributed by atoms with van der Waals surface area (Å²) in [5.41, 5.74) is 1.23. The molecule has 1 unspecified atom stereocenters. The van der Waals surface area contributed by atoms with E-state index in [4.69, 9.17) is 9.47 Å². The Morgan fingerprint density at radius 3 is 2.85 bits per heavy atom. The van der Waals surface area contributed by atoms with E-state index >= 15 is 0 Å². The van der Waals surface area contributed by atoms with Crippen molar-refractivity contribution in [1.29, 1.82) is 0 Å². The molecule has 0 saturated carbocycles. The van der Waals surface area contributed by atoms with Crippen LogP contribution < -0.4 is 14.8 Å². The third-order valence-electron chi connectivity index (χ3n) is 4.05. The Balaban J connectivity index is 1.90. The molecule has 1 fully saturated rings. The molecule has 4 nitrogen and oxygen atoms in total. The van der Waals surface area contributed by atoms with Crippen LogP contribution in [0.4, 0.5) is 0 Å². The fourth-order valence-electron chi connectivity index (χ4n) is 2.93. The van der Waals surface area contributed by atoms with E-state index in [9.17, 15) is 0 Å². The molecule has 112 valence electrons. The van der Waals surface area contributed by atoms with Crippen molar-refractivity contribution in [2.24, 2.45) is 5.92 Å². The number of hydrogen-bond acceptors (Lipinski definition) is 4. The van der Waals surface area contributed by atoms with Crippen molar-refractivity contribution >= 4 is 0 Å². The Bertz CT molecular complexity index is 423. The van der Waals surface area contributed by atoms with Crippen molar-refractivity contribution in [2.45, 2.75) is 12.8 Å². The zero-order chi connectivity index (χ0) is 14.4. The molecule has 1 aromatic rings. The molecule has 1 aliphatic rings. The largest absolute Gasteiger partial charge is 0.497 e. The van der Waals surface area contributed by atoms with Gasteiger partial charge in [-0.25, -0.2) is 0 Å². The van der Waals surface area contributed by atoms with Gasteiger partial charge in [0.2, 0.25) is 0 Å². The fourth-order valence-corrected chi connectivity index (χ4v) is 2.93. The third kappa shape index (κ3) is 3.87. The van der Waals surface area contributed by atoms with E-state index in [0.29, 0.717) is 0 Å². The molecule has 1 aromatic carbocycles.